The normalized spacial score (nSPS) is 15.3. The van der Waals surface area contributed by atoms with Crippen molar-refractivity contribution in [1.29, 1.82) is 0 Å². The van der Waals surface area contributed by atoms with Gasteiger partial charge in [0.05, 0.1) is 6.54 Å². The van der Waals surface area contributed by atoms with Gasteiger partial charge in [-0.2, -0.15) is 0 Å². The maximum atomic E-state index is 11.6. The summed E-state index contributed by atoms with van der Waals surface area (Å²) in [6.45, 7) is 10.0. The lowest BCUT2D eigenvalue weighted by atomic mass is 10.2. The first-order chi connectivity index (χ1) is 12.6. The molecule has 0 radical (unpaired) electrons. The Morgan fingerprint density at radius 3 is 2.67 bits per heavy atom. The fourth-order valence-corrected chi connectivity index (χ4v) is 2.87. The minimum absolute atomic E-state index is 0. The number of nitrogens with one attached hydrogen (secondary N) is 2. The highest BCUT2D eigenvalue weighted by Crippen LogP contribution is 2.13. The Bertz CT molecular complexity index is 592. The number of rotatable bonds is 9. The first-order valence-electron chi connectivity index (χ1n) is 9.61. The molecule has 0 saturated carbocycles. The van der Waals surface area contributed by atoms with Gasteiger partial charge in [0.1, 0.15) is 11.9 Å². The minimum Gasteiger partial charge on any atom is -0.489 e. The van der Waals surface area contributed by atoms with Crippen molar-refractivity contribution in [2.75, 3.05) is 32.7 Å². The van der Waals surface area contributed by atoms with Crippen LogP contribution >= 0.6 is 24.0 Å². The molecule has 0 aromatic heterocycles. The van der Waals surface area contributed by atoms with Crippen molar-refractivity contribution in [1.82, 2.24) is 15.5 Å². The molecule has 152 valence electrons. The number of likely N-dealkylation sites (tertiary alicyclic amines) is 1. The molecule has 1 aromatic rings. The van der Waals surface area contributed by atoms with E-state index in [0.29, 0.717) is 13.0 Å². The molecular formula is C20H33IN4O2. The van der Waals surface area contributed by atoms with E-state index in [1.807, 2.05) is 43.0 Å². The molecule has 1 aliphatic rings. The molecule has 1 saturated heterocycles. The largest absolute Gasteiger partial charge is 0.489 e. The molecule has 0 bridgehead atoms. The highest BCUT2D eigenvalue weighted by molar-refractivity contribution is 14.0. The van der Waals surface area contributed by atoms with Gasteiger partial charge in [0.15, 0.2) is 5.96 Å². The third-order valence-corrected chi connectivity index (χ3v) is 4.28. The summed E-state index contributed by atoms with van der Waals surface area (Å²) in [5.74, 6) is 1.94. The van der Waals surface area contributed by atoms with Crippen LogP contribution in [0.1, 0.15) is 38.7 Å². The van der Waals surface area contributed by atoms with Gasteiger partial charge in [0.25, 0.3) is 0 Å². The molecule has 1 atom stereocenters. The van der Waals surface area contributed by atoms with E-state index in [0.717, 1.165) is 50.7 Å². The van der Waals surface area contributed by atoms with E-state index in [9.17, 15) is 4.79 Å². The van der Waals surface area contributed by atoms with Crippen LogP contribution in [0.3, 0.4) is 0 Å². The lowest BCUT2D eigenvalue weighted by Crippen LogP contribution is -2.39. The Balaban J connectivity index is 0.00000364. The standard InChI is InChI=1S/C20H32N4O2.HI/c1-4-21-20(22-12-6-14-24-13-5-7-19(24)25)23-15-17(3)26-18-10-8-16(2)9-11-18;/h8-11,17H,4-7,12-15H2,1-3H3,(H2,21,22,23);1H. The number of nitrogens with zero attached hydrogens (tertiary/aromatic N) is 2. The lowest BCUT2D eigenvalue weighted by molar-refractivity contribution is -0.127. The van der Waals surface area contributed by atoms with E-state index >= 15 is 0 Å². The number of halogens is 1. The highest BCUT2D eigenvalue weighted by Gasteiger charge is 2.18. The summed E-state index contributed by atoms with van der Waals surface area (Å²) in [6, 6.07) is 8.06. The Kier molecular flexibility index (Phi) is 11.2. The van der Waals surface area contributed by atoms with Crippen LogP contribution in [0, 0.1) is 6.92 Å². The summed E-state index contributed by atoms with van der Waals surface area (Å²) in [7, 11) is 0. The fraction of sp³-hybridized carbons (Fsp3) is 0.600. The molecule has 0 aliphatic carbocycles. The van der Waals surface area contributed by atoms with E-state index in [1.54, 1.807) is 0 Å². The van der Waals surface area contributed by atoms with Crippen LogP contribution in [0.15, 0.2) is 29.3 Å². The van der Waals surface area contributed by atoms with E-state index in [2.05, 4.69) is 22.5 Å². The number of carbonyl (C=O) groups excluding carboxylic acids is 1. The number of carbonyl (C=O) groups is 1. The number of ether oxygens (including phenoxy) is 1. The fourth-order valence-electron chi connectivity index (χ4n) is 2.87. The quantitative estimate of drug-likeness (QED) is 0.243. The second-order valence-corrected chi connectivity index (χ2v) is 6.73. The van der Waals surface area contributed by atoms with Crippen molar-refractivity contribution >= 4 is 35.8 Å². The van der Waals surface area contributed by atoms with Gasteiger partial charge in [0.2, 0.25) is 5.91 Å². The molecule has 1 heterocycles. The molecule has 1 amide bonds. The number of aryl methyl sites for hydroxylation is 1. The molecule has 2 rings (SSSR count). The summed E-state index contributed by atoms with van der Waals surface area (Å²) < 4.78 is 5.90. The van der Waals surface area contributed by atoms with E-state index in [4.69, 9.17) is 4.74 Å². The number of aliphatic imine (C=N–C) groups is 1. The predicted octanol–water partition coefficient (Wildman–Crippen LogP) is 2.95. The number of amides is 1. The van der Waals surface area contributed by atoms with Crippen LogP contribution < -0.4 is 15.4 Å². The van der Waals surface area contributed by atoms with Gasteiger partial charge in [-0.05, 0) is 45.7 Å². The maximum absolute atomic E-state index is 11.6. The summed E-state index contributed by atoms with van der Waals surface area (Å²) in [5, 5.41) is 6.58. The van der Waals surface area contributed by atoms with Gasteiger partial charge in [-0.1, -0.05) is 17.7 Å². The van der Waals surface area contributed by atoms with Crippen LogP contribution in [0.2, 0.25) is 0 Å². The maximum Gasteiger partial charge on any atom is 0.222 e. The van der Waals surface area contributed by atoms with Crippen molar-refractivity contribution in [2.45, 2.75) is 46.1 Å². The molecule has 1 fully saturated rings. The molecule has 1 aliphatic heterocycles. The first kappa shape index (κ1) is 23.5. The zero-order chi connectivity index (χ0) is 18.8. The number of hydrogen-bond acceptors (Lipinski definition) is 3. The van der Waals surface area contributed by atoms with Crippen LogP contribution in [0.25, 0.3) is 0 Å². The summed E-state index contributed by atoms with van der Waals surface area (Å²) in [4.78, 5) is 18.2. The summed E-state index contributed by atoms with van der Waals surface area (Å²) >= 11 is 0. The van der Waals surface area contributed by atoms with Gasteiger partial charge < -0.3 is 20.3 Å². The zero-order valence-electron chi connectivity index (χ0n) is 16.7. The molecule has 7 heteroatoms. The van der Waals surface area contributed by atoms with Gasteiger partial charge in [0, 0.05) is 32.6 Å². The summed E-state index contributed by atoms with van der Waals surface area (Å²) in [6.07, 6.45) is 2.62. The second kappa shape index (κ2) is 12.8. The first-order valence-corrected chi connectivity index (χ1v) is 9.61. The number of hydrogen-bond donors (Lipinski definition) is 2. The smallest absolute Gasteiger partial charge is 0.222 e. The number of benzene rings is 1. The van der Waals surface area contributed by atoms with Crippen LogP contribution in [-0.4, -0.2) is 55.6 Å². The van der Waals surface area contributed by atoms with E-state index in [-0.39, 0.29) is 36.0 Å². The molecule has 1 unspecified atom stereocenters. The van der Waals surface area contributed by atoms with Crippen LogP contribution in [0.5, 0.6) is 5.75 Å². The molecule has 2 N–H and O–H groups in total. The van der Waals surface area contributed by atoms with Crippen molar-refractivity contribution in [2.24, 2.45) is 4.99 Å². The van der Waals surface area contributed by atoms with Crippen LogP contribution in [-0.2, 0) is 4.79 Å². The van der Waals surface area contributed by atoms with Gasteiger partial charge >= 0.3 is 0 Å². The molecule has 1 aromatic carbocycles. The Morgan fingerprint density at radius 2 is 2.04 bits per heavy atom. The Morgan fingerprint density at radius 1 is 1.30 bits per heavy atom. The van der Waals surface area contributed by atoms with Crippen LogP contribution in [0.4, 0.5) is 0 Å². The topological polar surface area (TPSA) is 66.0 Å². The van der Waals surface area contributed by atoms with Crippen molar-refractivity contribution in [3.05, 3.63) is 29.8 Å². The van der Waals surface area contributed by atoms with Gasteiger partial charge in [-0.15, -0.1) is 24.0 Å². The second-order valence-electron chi connectivity index (χ2n) is 6.73. The zero-order valence-corrected chi connectivity index (χ0v) is 19.0. The van der Waals surface area contributed by atoms with E-state index in [1.165, 1.54) is 5.56 Å². The predicted molar refractivity (Wildman–Crippen MR) is 121 cm³/mol. The molecule has 0 spiro atoms. The third kappa shape index (κ3) is 8.81. The van der Waals surface area contributed by atoms with Crippen molar-refractivity contribution in [3.8, 4) is 5.75 Å². The van der Waals surface area contributed by atoms with Gasteiger partial charge in [-0.25, -0.2) is 4.99 Å². The third-order valence-electron chi connectivity index (χ3n) is 4.28. The average Bonchev–Trinajstić information content (AvgIpc) is 3.03. The SMILES string of the molecule is CCNC(=NCC(C)Oc1ccc(C)cc1)NCCCN1CCCC1=O.I. The van der Waals surface area contributed by atoms with Crippen molar-refractivity contribution < 1.29 is 9.53 Å². The van der Waals surface area contributed by atoms with Gasteiger partial charge in [-0.3, -0.25) is 4.79 Å². The average molecular weight is 488 g/mol. The Labute approximate surface area is 180 Å². The van der Waals surface area contributed by atoms with E-state index < -0.39 is 0 Å². The summed E-state index contributed by atoms with van der Waals surface area (Å²) in [5.41, 5.74) is 1.22. The molecule has 27 heavy (non-hydrogen) atoms. The Hall–Kier alpha value is -1.51. The highest BCUT2D eigenvalue weighted by atomic mass is 127. The number of guanidine groups is 1. The molecule has 6 nitrogen and oxygen atoms in total. The molecular weight excluding hydrogens is 455 g/mol. The monoisotopic (exact) mass is 488 g/mol. The minimum atomic E-state index is -0.00427. The van der Waals surface area contributed by atoms with Crippen molar-refractivity contribution in [3.63, 3.8) is 0 Å². The lowest BCUT2D eigenvalue weighted by Gasteiger charge is -2.17.